The first-order chi connectivity index (χ1) is 16.5. The van der Waals surface area contributed by atoms with E-state index < -0.39 is 11.6 Å². The van der Waals surface area contributed by atoms with E-state index in [4.69, 9.17) is 15.2 Å². The number of fused-ring (bicyclic) bond motifs is 7. The minimum Gasteiger partial charge on any atom is -0.493 e. The van der Waals surface area contributed by atoms with Gasteiger partial charge in [0.05, 0.1) is 25.0 Å². The van der Waals surface area contributed by atoms with E-state index >= 15 is 0 Å². The number of benzene rings is 2. The fourth-order valence-corrected chi connectivity index (χ4v) is 3.45. The molecule has 8 nitrogen and oxygen atoms in total. The Kier molecular flexibility index (Phi) is 7.48. The maximum Gasteiger partial charge on any atom is 0.255 e. The van der Waals surface area contributed by atoms with Gasteiger partial charge in [-0.1, -0.05) is 0 Å². The normalized spacial score (nSPS) is 13.6. The van der Waals surface area contributed by atoms with E-state index in [1.165, 1.54) is 18.2 Å². The molecule has 10 heteroatoms. The highest BCUT2D eigenvalue weighted by Crippen LogP contribution is 2.30. The first kappa shape index (κ1) is 23.4. The average Bonchev–Trinajstić information content (AvgIpc) is 2.84. The van der Waals surface area contributed by atoms with Crippen LogP contribution >= 0.6 is 0 Å². The van der Waals surface area contributed by atoms with Gasteiger partial charge in [0.2, 0.25) is 5.95 Å². The molecule has 1 aliphatic rings. The van der Waals surface area contributed by atoms with Crippen LogP contribution < -0.4 is 25.8 Å². The lowest BCUT2D eigenvalue weighted by atomic mass is 10.1. The van der Waals surface area contributed by atoms with Crippen LogP contribution in [-0.4, -0.2) is 42.2 Å². The van der Waals surface area contributed by atoms with E-state index in [9.17, 15) is 13.6 Å². The fourth-order valence-electron chi connectivity index (χ4n) is 3.45. The van der Waals surface area contributed by atoms with Crippen LogP contribution in [-0.2, 0) is 0 Å². The second kappa shape index (κ2) is 10.9. The largest absolute Gasteiger partial charge is 0.493 e. The quantitative estimate of drug-likeness (QED) is 0.535. The summed E-state index contributed by atoms with van der Waals surface area (Å²) in [4.78, 5) is 20.8. The standard InChI is InChI=1S/C24H25F2N5O3/c25-18-7-4-15-12-21(18)34-11-3-1-2-10-33-20-13-16(5-6-17(20)23(32)28-9-8-27)30-24-29-14-19(26)22(15)31-24/h4-7,12-14H,1-3,8-11,27H2,(H,28,32)(H,29,30,31). The van der Waals surface area contributed by atoms with Gasteiger partial charge in [-0.05, 0) is 49.6 Å². The Morgan fingerprint density at radius 3 is 2.62 bits per heavy atom. The summed E-state index contributed by atoms with van der Waals surface area (Å²) in [6, 6.07) is 9.06. The van der Waals surface area contributed by atoms with Gasteiger partial charge in [0.1, 0.15) is 11.4 Å². The van der Waals surface area contributed by atoms with Crippen molar-refractivity contribution in [2.24, 2.45) is 5.73 Å². The number of nitrogens with two attached hydrogens (primary N) is 1. The van der Waals surface area contributed by atoms with Crippen molar-refractivity contribution >= 4 is 17.5 Å². The Bertz CT molecular complexity index is 1180. The molecule has 0 atom stereocenters. The zero-order chi connectivity index (χ0) is 23.9. The number of carbonyl (C=O) groups is 1. The minimum absolute atomic E-state index is 0.000854. The summed E-state index contributed by atoms with van der Waals surface area (Å²) in [6.07, 6.45) is 3.19. The molecule has 1 aromatic heterocycles. The van der Waals surface area contributed by atoms with Gasteiger partial charge in [-0.3, -0.25) is 4.79 Å². The molecular weight excluding hydrogens is 444 g/mol. The van der Waals surface area contributed by atoms with Crippen LogP contribution in [0.15, 0.2) is 42.6 Å². The van der Waals surface area contributed by atoms with Crippen LogP contribution in [0.2, 0.25) is 0 Å². The lowest BCUT2D eigenvalue weighted by Crippen LogP contribution is -2.29. The van der Waals surface area contributed by atoms with Gasteiger partial charge < -0.3 is 25.8 Å². The zero-order valence-electron chi connectivity index (χ0n) is 18.4. The number of ether oxygens (including phenoxy) is 2. The number of hydrogen-bond acceptors (Lipinski definition) is 7. The number of amides is 1. The molecule has 3 aromatic rings. The fraction of sp³-hybridized carbons (Fsp3) is 0.292. The maximum atomic E-state index is 14.5. The Balaban J connectivity index is 1.70. The number of aromatic nitrogens is 2. The first-order valence-corrected chi connectivity index (χ1v) is 11.0. The topological polar surface area (TPSA) is 111 Å². The van der Waals surface area contributed by atoms with E-state index in [2.05, 4.69) is 20.6 Å². The van der Waals surface area contributed by atoms with E-state index in [1.807, 2.05) is 0 Å². The number of hydrogen-bond donors (Lipinski definition) is 3. The number of rotatable bonds is 3. The molecule has 0 saturated carbocycles. The van der Waals surface area contributed by atoms with Crippen molar-refractivity contribution in [3.63, 3.8) is 0 Å². The van der Waals surface area contributed by atoms with Crippen LogP contribution in [0, 0.1) is 11.6 Å². The van der Waals surface area contributed by atoms with E-state index in [0.29, 0.717) is 61.7 Å². The van der Waals surface area contributed by atoms with Crippen molar-refractivity contribution in [2.45, 2.75) is 19.3 Å². The third-order valence-corrected chi connectivity index (χ3v) is 5.16. The van der Waals surface area contributed by atoms with Gasteiger partial charge in [0.25, 0.3) is 5.91 Å². The van der Waals surface area contributed by atoms with Crippen LogP contribution in [0.25, 0.3) is 11.3 Å². The highest BCUT2D eigenvalue weighted by Gasteiger charge is 2.16. The first-order valence-electron chi connectivity index (χ1n) is 11.0. The molecule has 178 valence electrons. The summed E-state index contributed by atoms with van der Waals surface area (Å²) in [7, 11) is 0. The molecule has 0 radical (unpaired) electrons. The van der Waals surface area contributed by atoms with Crippen LogP contribution in [0.4, 0.5) is 20.4 Å². The molecule has 2 aromatic carbocycles. The van der Waals surface area contributed by atoms with Crippen molar-refractivity contribution in [3.05, 3.63) is 59.8 Å². The highest BCUT2D eigenvalue weighted by atomic mass is 19.1. The Hall–Kier alpha value is -3.79. The highest BCUT2D eigenvalue weighted by molar-refractivity contribution is 5.97. The maximum absolute atomic E-state index is 14.5. The third-order valence-electron chi connectivity index (χ3n) is 5.16. The van der Waals surface area contributed by atoms with Gasteiger partial charge in [0.15, 0.2) is 17.4 Å². The smallest absolute Gasteiger partial charge is 0.255 e. The summed E-state index contributed by atoms with van der Waals surface area (Å²) >= 11 is 0. The number of halogens is 2. The number of nitrogens with one attached hydrogen (secondary N) is 2. The second-order valence-electron chi connectivity index (χ2n) is 7.67. The molecule has 4 rings (SSSR count). The van der Waals surface area contributed by atoms with Crippen molar-refractivity contribution in [1.82, 2.24) is 15.3 Å². The van der Waals surface area contributed by atoms with Gasteiger partial charge in [-0.15, -0.1) is 0 Å². The van der Waals surface area contributed by atoms with Crippen LogP contribution in [0.1, 0.15) is 29.6 Å². The summed E-state index contributed by atoms with van der Waals surface area (Å²) in [5, 5.41) is 5.74. The lowest BCUT2D eigenvalue weighted by Gasteiger charge is -2.14. The van der Waals surface area contributed by atoms with Crippen molar-refractivity contribution < 1.29 is 23.0 Å². The molecule has 0 fully saturated rings. The van der Waals surface area contributed by atoms with Gasteiger partial charge in [0, 0.05) is 30.4 Å². The van der Waals surface area contributed by atoms with Gasteiger partial charge in [-0.2, -0.15) is 0 Å². The number of carbonyl (C=O) groups excluding carboxylic acids is 1. The predicted octanol–water partition coefficient (Wildman–Crippen LogP) is 3.80. The predicted molar refractivity (Wildman–Crippen MR) is 123 cm³/mol. The molecule has 0 saturated heterocycles. The van der Waals surface area contributed by atoms with Gasteiger partial charge in [-0.25, -0.2) is 18.7 Å². The third kappa shape index (κ3) is 5.57. The Labute approximate surface area is 195 Å². The summed E-state index contributed by atoms with van der Waals surface area (Å²) in [5.74, 6) is -0.945. The van der Waals surface area contributed by atoms with Crippen molar-refractivity contribution in [2.75, 3.05) is 31.6 Å². The van der Waals surface area contributed by atoms with E-state index in [-0.39, 0.29) is 23.3 Å². The Morgan fingerprint density at radius 1 is 1.03 bits per heavy atom. The molecule has 0 aliphatic carbocycles. The monoisotopic (exact) mass is 469 g/mol. The molecule has 4 N–H and O–H groups in total. The average molecular weight is 469 g/mol. The van der Waals surface area contributed by atoms with Crippen molar-refractivity contribution in [1.29, 1.82) is 0 Å². The molecular formula is C24H25F2N5O3. The van der Waals surface area contributed by atoms with E-state index in [1.54, 1.807) is 18.2 Å². The molecule has 34 heavy (non-hydrogen) atoms. The number of anilines is 2. The molecule has 2 heterocycles. The lowest BCUT2D eigenvalue weighted by molar-refractivity contribution is 0.0950. The van der Waals surface area contributed by atoms with Crippen molar-refractivity contribution in [3.8, 4) is 22.8 Å². The zero-order valence-corrected chi connectivity index (χ0v) is 18.4. The van der Waals surface area contributed by atoms with Gasteiger partial charge >= 0.3 is 0 Å². The molecule has 1 amide bonds. The molecule has 0 spiro atoms. The molecule has 1 aliphatic heterocycles. The SMILES string of the molecule is NCCNC(=O)c1ccc2cc1OCCCCCOc1cc(ccc1F)-c1nc(ncc1F)N2. The summed E-state index contributed by atoms with van der Waals surface area (Å²) in [5.41, 5.74) is 6.76. The minimum atomic E-state index is -0.656. The molecule has 6 bridgehead atoms. The summed E-state index contributed by atoms with van der Waals surface area (Å²) in [6.45, 7) is 1.33. The van der Waals surface area contributed by atoms with Crippen LogP contribution in [0.5, 0.6) is 11.5 Å². The van der Waals surface area contributed by atoms with Crippen LogP contribution in [0.3, 0.4) is 0 Å². The Morgan fingerprint density at radius 2 is 1.82 bits per heavy atom. The molecule has 0 unspecified atom stereocenters. The second-order valence-corrected chi connectivity index (χ2v) is 7.67. The number of nitrogens with zero attached hydrogens (tertiary/aromatic N) is 2. The van der Waals surface area contributed by atoms with E-state index in [0.717, 1.165) is 12.6 Å². The summed E-state index contributed by atoms with van der Waals surface area (Å²) < 4.78 is 40.2.